The third-order valence-electron chi connectivity index (χ3n) is 4.05. The van der Waals surface area contributed by atoms with Gasteiger partial charge in [-0.1, -0.05) is 0 Å². The van der Waals surface area contributed by atoms with Crippen molar-refractivity contribution in [2.75, 3.05) is 18.0 Å². The second-order valence-corrected chi connectivity index (χ2v) is 7.35. The van der Waals surface area contributed by atoms with Crippen LogP contribution < -0.4 is 10.2 Å². The first kappa shape index (κ1) is 18.0. The van der Waals surface area contributed by atoms with Gasteiger partial charge in [0, 0.05) is 25.3 Å². The van der Waals surface area contributed by atoms with Crippen LogP contribution in [0.2, 0.25) is 0 Å². The molecule has 3 rings (SSSR count). The summed E-state index contributed by atoms with van der Waals surface area (Å²) in [4.78, 5) is 29.8. The number of ether oxygens (including phenoxy) is 1. The van der Waals surface area contributed by atoms with Gasteiger partial charge >= 0.3 is 12.1 Å². The number of carboxylic acid groups (broad SMARTS) is 1. The lowest BCUT2D eigenvalue weighted by Crippen LogP contribution is -2.49. The number of rotatable bonds is 3. The number of carbonyl (C=O) groups excluding carboxylic acids is 1. The number of anilines is 1. The Kier molecular flexibility index (Phi) is 4.71. The van der Waals surface area contributed by atoms with Crippen LogP contribution in [0, 0.1) is 0 Å². The number of fused-ring (bicyclic) bond motifs is 1. The van der Waals surface area contributed by atoms with E-state index in [1.165, 1.54) is 10.7 Å². The summed E-state index contributed by atoms with van der Waals surface area (Å²) in [5.74, 6) is -0.399. The van der Waals surface area contributed by atoms with E-state index in [4.69, 9.17) is 4.74 Å². The smallest absolute Gasteiger partial charge is 0.407 e. The van der Waals surface area contributed by atoms with Gasteiger partial charge < -0.3 is 20.1 Å². The normalized spacial score (nSPS) is 18.0. The highest BCUT2D eigenvalue weighted by Crippen LogP contribution is 2.20. The Hall–Kier alpha value is -2.84. The van der Waals surface area contributed by atoms with E-state index in [0.717, 1.165) is 19.4 Å². The molecular weight excluding hydrogens is 338 g/mol. The van der Waals surface area contributed by atoms with Crippen molar-refractivity contribution < 1.29 is 19.4 Å². The Bertz CT molecular complexity index is 826. The number of nitrogens with zero attached hydrogens (tertiary/aromatic N) is 4. The Labute approximate surface area is 151 Å². The van der Waals surface area contributed by atoms with E-state index in [-0.39, 0.29) is 11.6 Å². The SMILES string of the molecule is CC(C)(C)OC(=O)NC1CCCN(c2ccn3ncc(C(=O)O)c3n2)C1. The molecule has 2 N–H and O–H groups in total. The number of carboxylic acids is 1. The molecule has 3 heterocycles. The van der Waals surface area contributed by atoms with Crippen molar-refractivity contribution in [3.05, 3.63) is 24.0 Å². The summed E-state index contributed by atoms with van der Waals surface area (Å²) in [6.07, 6.45) is 4.28. The van der Waals surface area contributed by atoms with Crippen molar-refractivity contribution >= 4 is 23.5 Å². The van der Waals surface area contributed by atoms with Gasteiger partial charge in [0.05, 0.1) is 6.20 Å². The number of aromatic nitrogens is 3. The largest absolute Gasteiger partial charge is 0.477 e. The van der Waals surface area contributed by atoms with Gasteiger partial charge in [-0.2, -0.15) is 5.10 Å². The molecule has 0 aromatic carbocycles. The molecule has 2 aromatic heterocycles. The first-order chi connectivity index (χ1) is 12.2. The van der Waals surface area contributed by atoms with Crippen LogP contribution in [0.3, 0.4) is 0 Å². The summed E-state index contributed by atoms with van der Waals surface area (Å²) in [5, 5.41) is 16.1. The maximum absolute atomic E-state index is 12.0. The van der Waals surface area contributed by atoms with E-state index in [2.05, 4.69) is 15.4 Å². The Morgan fingerprint density at radius 3 is 2.85 bits per heavy atom. The van der Waals surface area contributed by atoms with Crippen LogP contribution in [0.25, 0.3) is 5.65 Å². The van der Waals surface area contributed by atoms with Crippen molar-refractivity contribution in [1.82, 2.24) is 19.9 Å². The third-order valence-corrected chi connectivity index (χ3v) is 4.05. The second kappa shape index (κ2) is 6.81. The zero-order valence-corrected chi connectivity index (χ0v) is 15.1. The maximum atomic E-state index is 12.0. The highest BCUT2D eigenvalue weighted by Gasteiger charge is 2.25. The molecule has 0 bridgehead atoms. The molecule has 0 radical (unpaired) electrons. The zero-order valence-electron chi connectivity index (χ0n) is 15.1. The maximum Gasteiger partial charge on any atom is 0.407 e. The molecule has 26 heavy (non-hydrogen) atoms. The van der Waals surface area contributed by atoms with Crippen molar-refractivity contribution in [3.8, 4) is 0 Å². The molecule has 0 aliphatic carbocycles. The number of aromatic carboxylic acids is 1. The van der Waals surface area contributed by atoms with Gasteiger partial charge in [0.15, 0.2) is 5.65 Å². The molecule has 140 valence electrons. The summed E-state index contributed by atoms with van der Waals surface area (Å²) >= 11 is 0. The molecule has 0 spiro atoms. The van der Waals surface area contributed by atoms with E-state index >= 15 is 0 Å². The van der Waals surface area contributed by atoms with Gasteiger partial charge in [0.25, 0.3) is 0 Å². The third kappa shape index (κ3) is 4.04. The van der Waals surface area contributed by atoms with Gasteiger partial charge in [0.2, 0.25) is 0 Å². The van der Waals surface area contributed by atoms with E-state index < -0.39 is 17.7 Å². The number of nitrogens with one attached hydrogen (secondary N) is 1. The topological polar surface area (TPSA) is 109 Å². The van der Waals surface area contributed by atoms with Crippen LogP contribution in [-0.2, 0) is 4.74 Å². The quantitative estimate of drug-likeness (QED) is 0.859. The Balaban J connectivity index is 1.73. The molecule has 0 saturated carbocycles. The molecule has 1 unspecified atom stereocenters. The fourth-order valence-electron chi connectivity index (χ4n) is 2.96. The molecule has 2 aromatic rings. The molecule has 1 amide bonds. The van der Waals surface area contributed by atoms with E-state index in [1.807, 2.05) is 25.7 Å². The van der Waals surface area contributed by atoms with E-state index in [9.17, 15) is 14.7 Å². The molecule has 1 aliphatic heterocycles. The van der Waals surface area contributed by atoms with Gasteiger partial charge in [-0.05, 0) is 39.7 Å². The number of hydrogen-bond donors (Lipinski definition) is 2. The summed E-state index contributed by atoms with van der Waals surface area (Å²) in [7, 11) is 0. The van der Waals surface area contributed by atoms with Gasteiger partial charge in [-0.3, -0.25) is 0 Å². The lowest BCUT2D eigenvalue weighted by atomic mass is 10.1. The average molecular weight is 361 g/mol. The lowest BCUT2D eigenvalue weighted by Gasteiger charge is -2.34. The Morgan fingerprint density at radius 2 is 2.15 bits per heavy atom. The summed E-state index contributed by atoms with van der Waals surface area (Å²) in [6, 6.07) is 1.74. The summed E-state index contributed by atoms with van der Waals surface area (Å²) < 4.78 is 6.75. The molecule has 9 heteroatoms. The highest BCUT2D eigenvalue weighted by atomic mass is 16.6. The first-order valence-corrected chi connectivity index (χ1v) is 8.55. The molecule has 1 saturated heterocycles. The summed E-state index contributed by atoms with van der Waals surface area (Å²) in [6.45, 7) is 6.84. The van der Waals surface area contributed by atoms with Gasteiger partial charge in [-0.15, -0.1) is 0 Å². The van der Waals surface area contributed by atoms with Crippen molar-refractivity contribution in [2.45, 2.75) is 45.3 Å². The number of alkyl carbamates (subject to hydrolysis) is 1. The lowest BCUT2D eigenvalue weighted by molar-refractivity contribution is 0.0499. The fourth-order valence-corrected chi connectivity index (χ4v) is 2.96. The minimum atomic E-state index is -1.06. The highest BCUT2D eigenvalue weighted by molar-refractivity contribution is 5.94. The Morgan fingerprint density at radius 1 is 1.38 bits per heavy atom. The minimum absolute atomic E-state index is 0.0551. The fraction of sp³-hybridized carbons (Fsp3) is 0.529. The van der Waals surface area contributed by atoms with E-state index in [1.54, 1.807) is 12.3 Å². The molecule has 1 fully saturated rings. The van der Waals surface area contributed by atoms with Crippen LogP contribution in [0.4, 0.5) is 10.6 Å². The number of hydrogen-bond acceptors (Lipinski definition) is 6. The molecule has 9 nitrogen and oxygen atoms in total. The standard InChI is InChI=1S/C17H23N5O4/c1-17(2,3)26-16(25)19-11-5-4-7-21(10-11)13-6-8-22-14(20-13)12(9-18-22)15(23)24/h6,8-9,11H,4-5,7,10H2,1-3H3,(H,19,25)(H,23,24). The number of carbonyl (C=O) groups is 2. The van der Waals surface area contributed by atoms with Crippen LogP contribution >= 0.6 is 0 Å². The second-order valence-electron chi connectivity index (χ2n) is 7.35. The zero-order chi connectivity index (χ0) is 18.9. The van der Waals surface area contributed by atoms with Gasteiger partial charge in [0.1, 0.15) is 17.0 Å². The average Bonchev–Trinajstić information content (AvgIpc) is 2.96. The molecule has 1 atom stereocenters. The predicted octanol–water partition coefficient (Wildman–Crippen LogP) is 1.92. The van der Waals surface area contributed by atoms with Crippen LogP contribution in [0.5, 0.6) is 0 Å². The van der Waals surface area contributed by atoms with Crippen LogP contribution in [0.1, 0.15) is 44.0 Å². The van der Waals surface area contributed by atoms with Crippen LogP contribution in [0.15, 0.2) is 18.5 Å². The first-order valence-electron chi connectivity index (χ1n) is 8.55. The molecular formula is C17H23N5O4. The monoisotopic (exact) mass is 361 g/mol. The minimum Gasteiger partial charge on any atom is -0.477 e. The van der Waals surface area contributed by atoms with Crippen molar-refractivity contribution in [1.29, 1.82) is 0 Å². The number of amides is 1. The van der Waals surface area contributed by atoms with E-state index in [0.29, 0.717) is 18.0 Å². The molecule has 1 aliphatic rings. The number of piperidine rings is 1. The van der Waals surface area contributed by atoms with Crippen molar-refractivity contribution in [3.63, 3.8) is 0 Å². The van der Waals surface area contributed by atoms with Gasteiger partial charge in [-0.25, -0.2) is 19.1 Å². The summed E-state index contributed by atoms with van der Waals surface area (Å²) in [5.41, 5.74) is -0.176. The van der Waals surface area contributed by atoms with Crippen LogP contribution in [-0.4, -0.2) is 56.5 Å². The predicted molar refractivity (Wildman–Crippen MR) is 94.6 cm³/mol. The van der Waals surface area contributed by atoms with Crippen molar-refractivity contribution in [2.24, 2.45) is 0 Å².